The summed E-state index contributed by atoms with van der Waals surface area (Å²) in [6.45, 7) is 2.44. The van der Waals surface area contributed by atoms with Crippen LogP contribution >= 0.6 is 0 Å². The zero-order valence-electron chi connectivity index (χ0n) is 8.05. The van der Waals surface area contributed by atoms with E-state index >= 15 is 0 Å². The summed E-state index contributed by atoms with van der Waals surface area (Å²) in [4.78, 5) is 4.69. The fourth-order valence-corrected chi connectivity index (χ4v) is 2.73. The minimum Gasteiger partial charge on any atom is -0.294 e. The Morgan fingerprint density at radius 1 is 1.25 bits per heavy atom. The topological polar surface area (TPSA) is 12.4 Å². The first-order valence-corrected chi connectivity index (χ1v) is 5.33. The summed E-state index contributed by atoms with van der Waals surface area (Å²) in [6.07, 6.45) is 11.7. The summed E-state index contributed by atoms with van der Waals surface area (Å²) in [7, 11) is 0. The first-order valence-electron chi connectivity index (χ1n) is 5.33. The molecule has 0 aromatic rings. The molecule has 0 saturated heterocycles. The van der Waals surface area contributed by atoms with Crippen LogP contribution in [0.25, 0.3) is 0 Å². The lowest BCUT2D eigenvalue weighted by molar-refractivity contribution is 0.165. The first-order chi connectivity index (χ1) is 5.81. The molecule has 0 aromatic heterocycles. The van der Waals surface area contributed by atoms with Crippen LogP contribution in [0.3, 0.4) is 0 Å². The summed E-state index contributed by atoms with van der Waals surface area (Å²) >= 11 is 0. The van der Waals surface area contributed by atoms with E-state index in [2.05, 4.69) is 13.1 Å². The van der Waals surface area contributed by atoms with Gasteiger partial charge >= 0.3 is 0 Å². The quantitative estimate of drug-likeness (QED) is 0.522. The molecule has 1 saturated carbocycles. The highest BCUT2D eigenvalue weighted by atomic mass is 14.8. The SMILES string of the molecule is CC12CCCC=NC1CCCC2. The van der Waals surface area contributed by atoms with E-state index in [1.807, 2.05) is 0 Å². The number of nitrogens with zero attached hydrogens (tertiary/aromatic N) is 1. The van der Waals surface area contributed by atoms with Crippen LogP contribution in [0.2, 0.25) is 0 Å². The fraction of sp³-hybridized carbons (Fsp3) is 0.909. The maximum absolute atomic E-state index is 4.69. The van der Waals surface area contributed by atoms with Crippen molar-refractivity contribution < 1.29 is 0 Å². The van der Waals surface area contributed by atoms with Gasteiger partial charge in [0.1, 0.15) is 0 Å². The van der Waals surface area contributed by atoms with Crippen molar-refractivity contribution in [2.45, 2.75) is 57.9 Å². The number of hydrogen-bond acceptors (Lipinski definition) is 1. The third-order valence-electron chi connectivity index (χ3n) is 3.65. The monoisotopic (exact) mass is 165 g/mol. The molecule has 2 atom stereocenters. The summed E-state index contributed by atoms with van der Waals surface area (Å²) < 4.78 is 0. The predicted molar refractivity (Wildman–Crippen MR) is 52.7 cm³/mol. The van der Waals surface area contributed by atoms with Crippen LogP contribution in [0.15, 0.2) is 4.99 Å². The lowest BCUT2D eigenvalue weighted by Crippen LogP contribution is -2.33. The largest absolute Gasteiger partial charge is 0.294 e. The molecular formula is C11H19N. The molecule has 1 heteroatoms. The third kappa shape index (κ3) is 1.41. The van der Waals surface area contributed by atoms with Crippen LogP contribution in [-0.2, 0) is 0 Å². The Morgan fingerprint density at radius 2 is 2.08 bits per heavy atom. The van der Waals surface area contributed by atoms with Gasteiger partial charge in [0.25, 0.3) is 0 Å². The molecule has 2 unspecified atom stereocenters. The summed E-state index contributed by atoms with van der Waals surface area (Å²) in [5.74, 6) is 0. The molecule has 0 amide bonds. The zero-order valence-corrected chi connectivity index (χ0v) is 8.05. The molecule has 1 nitrogen and oxygen atoms in total. The Balaban J connectivity index is 2.15. The maximum atomic E-state index is 4.69. The second kappa shape index (κ2) is 3.20. The van der Waals surface area contributed by atoms with Gasteiger partial charge in [-0.1, -0.05) is 19.8 Å². The van der Waals surface area contributed by atoms with Crippen molar-refractivity contribution in [3.05, 3.63) is 0 Å². The second-order valence-corrected chi connectivity index (χ2v) is 4.64. The lowest BCUT2D eigenvalue weighted by Gasteiger charge is -2.38. The van der Waals surface area contributed by atoms with Crippen LogP contribution < -0.4 is 0 Å². The molecule has 2 rings (SSSR count). The molecule has 68 valence electrons. The number of rotatable bonds is 0. The average Bonchev–Trinajstić information content (AvgIpc) is 2.25. The highest BCUT2D eigenvalue weighted by molar-refractivity contribution is 5.57. The van der Waals surface area contributed by atoms with E-state index in [4.69, 9.17) is 4.99 Å². The van der Waals surface area contributed by atoms with Crippen molar-refractivity contribution in [3.8, 4) is 0 Å². The van der Waals surface area contributed by atoms with Crippen molar-refractivity contribution in [1.29, 1.82) is 0 Å². The average molecular weight is 165 g/mol. The number of hydrogen-bond donors (Lipinski definition) is 0. The molecule has 1 aliphatic heterocycles. The number of fused-ring (bicyclic) bond motifs is 1. The van der Waals surface area contributed by atoms with Crippen LogP contribution in [0.1, 0.15) is 51.9 Å². The second-order valence-electron chi connectivity index (χ2n) is 4.64. The Bertz CT molecular complexity index is 185. The minimum absolute atomic E-state index is 0.561. The standard InChI is InChI=1S/C11H19N/c1-11-7-3-2-6-10(11)12-9-5-4-8-11/h9-10H,2-8H2,1H3. The Labute approximate surface area is 75.3 Å². The lowest BCUT2D eigenvalue weighted by atomic mass is 9.69. The molecule has 0 bridgehead atoms. The molecule has 0 aromatic carbocycles. The Hall–Kier alpha value is -0.330. The van der Waals surface area contributed by atoms with Crippen LogP contribution in [0, 0.1) is 5.41 Å². The molecule has 1 aliphatic carbocycles. The summed E-state index contributed by atoms with van der Waals surface area (Å²) in [6, 6.07) is 0.661. The van der Waals surface area contributed by atoms with E-state index in [0.29, 0.717) is 11.5 Å². The fourth-order valence-electron chi connectivity index (χ4n) is 2.73. The van der Waals surface area contributed by atoms with E-state index in [9.17, 15) is 0 Å². The highest BCUT2D eigenvalue weighted by Gasteiger charge is 2.36. The van der Waals surface area contributed by atoms with Crippen molar-refractivity contribution in [3.63, 3.8) is 0 Å². The molecule has 1 heterocycles. The summed E-state index contributed by atoms with van der Waals surface area (Å²) in [5, 5.41) is 0. The zero-order chi connectivity index (χ0) is 8.44. The van der Waals surface area contributed by atoms with Gasteiger partial charge in [-0.2, -0.15) is 0 Å². The van der Waals surface area contributed by atoms with E-state index in [-0.39, 0.29) is 0 Å². The highest BCUT2D eigenvalue weighted by Crippen LogP contribution is 2.42. The molecular weight excluding hydrogens is 146 g/mol. The van der Waals surface area contributed by atoms with E-state index < -0.39 is 0 Å². The molecule has 0 spiro atoms. The van der Waals surface area contributed by atoms with Crippen LogP contribution in [0.5, 0.6) is 0 Å². The van der Waals surface area contributed by atoms with Crippen molar-refractivity contribution in [2.24, 2.45) is 10.4 Å². The van der Waals surface area contributed by atoms with E-state index in [0.717, 1.165) is 0 Å². The molecule has 0 N–H and O–H groups in total. The van der Waals surface area contributed by atoms with Gasteiger partial charge in [-0.25, -0.2) is 0 Å². The normalized spacial score (nSPS) is 41.9. The maximum Gasteiger partial charge on any atom is 0.0549 e. The van der Waals surface area contributed by atoms with Gasteiger partial charge < -0.3 is 0 Å². The van der Waals surface area contributed by atoms with Gasteiger partial charge in [-0.05, 0) is 43.7 Å². The Kier molecular flexibility index (Phi) is 2.20. The molecule has 0 radical (unpaired) electrons. The van der Waals surface area contributed by atoms with Gasteiger partial charge in [0, 0.05) is 0 Å². The molecule has 1 fully saturated rings. The van der Waals surface area contributed by atoms with Crippen molar-refractivity contribution in [1.82, 2.24) is 0 Å². The van der Waals surface area contributed by atoms with Gasteiger partial charge in [0.15, 0.2) is 0 Å². The third-order valence-corrected chi connectivity index (χ3v) is 3.65. The molecule has 2 aliphatic rings. The minimum atomic E-state index is 0.561. The van der Waals surface area contributed by atoms with Crippen molar-refractivity contribution in [2.75, 3.05) is 0 Å². The van der Waals surface area contributed by atoms with Gasteiger partial charge in [-0.15, -0.1) is 0 Å². The first kappa shape index (κ1) is 8.28. The van der Waals surface area contributed by atoms with E-state index in [1.54, 1.807) is 0 Å². The summed E-state index contributed by atoms with van der Waals surface area (Å²) in [5.41, 5.74) is 0.561. The molecule has 12 heavy (non-hydrogen) atoms. The van der Waals surface area contributed by atoms with Gasteiger partial charge in [0.05, 0.1) is 6.04 Å². The Morgan fingerprint density at radius 3 is 3.00 bits per heavy atom. The number of aliphatic imine (C=N–C) groups is 1. The van der Waals surface area contributed by atoms with Crippen molar-refractivity contribution >= 4 is 6.21 Å². The van der Waals surface area contributed by atoms with E-state index in [1.165, 1.54) is 44.9 Å². The van der Waals surface area contributed by atoms with Crippen LogP contribution in [-0.4, -0.2) is 12.3 Å². The smallest absolute Gasteiger partial charge is 0.0549 e. The predicted octanol–water partition coefficient (Wildman–Crippen LogP) is 3.19. The van der Waals surface area contributed by atoms with Gasteiger partial charge in [-0.3, -0.25) is 4.99 Å². The van der Waals surface area contributed by atoms with Gasteiger partial charge in [0.2, 0.25) is 0 Å². The van der Waals surface area contributed by atoms with Crippen LogP contribution in [0.4, 0.5) is 0 Å².